The molecule has 27 heavy (non-hydrogen) atoms. The Bertz CT molecular complexity index is 682. The van der Waals surface area contributed by atoms with Crippen LogP contribution in [0, 0.1) is 0 Å². The van der Waals surface area contributed by atoms with Crippen molar-refractivity contribution in [2.45, 2.75) is 12.6 Å². The highest BCUT2D eigenvalue weighted by Gasteiger charge is 2.22. The van der Waals surface area contributed by atoms with Crippen LogP contribution in [-0.2, 0) is 16.1 Å². The van der Waals surface area contributed by atoms with Crippen LogP contribution in [0.15, 0.2) is 47.1 Å². The molecule has 0 radical (unpaired) electrons. The molecule has 0 unspecified atom stereocenters. The van der Waals surface area contributed by atoms with Gasteiger partial charge >= 0.3 is 0 Å². The molecule has 1 aliphatic heterocycles. The van der Waals surface area contributed by atoms with Crippen molar-refractivity contribution in [1.29, 1.82) is 0 Å². The summed E-state index contributed by atoms with van der Waals surface area (Å²) in [6.45, 7) is 4.57. The first kappa shape index (κ1) is 19.4. The van der Waals surface area contributed by atoms with Gasteiger partial charge in [0.2, 0.25) is 5.91 Å². The summed E-state index contributed by atoms with van der Waals surface area (Å²) in [5.74, 6) is 1.53. The maximum atomic E-state index is 12.1. The lowest BCUT2D eigenvalue weighted by Crippen LogP contribution is -2.44. The fraction of sp³-hybridized carbons (Fsp3) is 0.450. The number of furan rings is 1. The number of benzene rings is 1. The smallest absolute Gasteiger partial charge is 0.234 e. The molecule has 1 aromatic heterocycles. The van der Waals surface area contributed by atoms with E-state index in [1.54, 1.807) is 13.4 Å². The van der Waals surface area contributed by atoms with Gasteiger partial charge in [0.1, 0.15) is 11.5 Å². The zero-order valence-corrected chi connectivity index (χ0v) is 15.6. The van der Waals surface area contributed by atoms with E-state index in [2.05, 4.69) is 27.7 Å². The molecule has 0 bridgehead atoms. The second kappa shape index (κ2) is 10.1. The summed E-state index contributed by atoms with van der Waals surface area (Å²) < 4.78 is 16.0. The van der Waals surface area contributed by atoms with Crippen molar-refractivity contribution in [3.63, 3.8) is 0 Å². The molecule has 7 nitrogen and oxygen atoms in total. The Kier molecular flexibility index (Phi) is 7.27. The Labute approximate surface area is 159 Å². The number of carbonyl (C=O) groups excluding carboxylic acids is 1. The number of ether oxygens (including phenoxy) is 2. The van der Waals surface area contributed by atoms with Crippen molar-refractivity contribution >= 4 is 5.91 Å². The fourth-order valence-electron chi connectivity index (χ4n) is 3.16. The van der Waals surface area contributed by atoms with Crippen LogP contribution >= 0.6 is 0 Å². The van der Waals surface area contributed by atoms with Crippen LogP contribution in [0.1, 0.15) is 17.4 Å². The molecule has 1 aromatic carbocycles. The first-order chi connectivity index (χ1) is 13.3. The monoisotopic (exact) mass is 373 g/mol. The van der Waals surface area contributed by atoms with E-state index in [0.29, 0.717) is 13.1 Å². The standard InChI is InChI=1S/C20H27N3O4/c1-25-17-6-4-16(5-7-17)19(23-8-11-26-12-9-23)14-21-15-20(24)22-13-18-3-2-10-27-18/h2-7,10,19,21H,8-9,11-15H2,1H3,(H,22,24)/t19-/m1/s1. The average Bonchev–Trinajstić information content (AvgIpc) is 3.24. The predicted octanol–water partition coefficient (Wildman–Crippen LogP) is 1.57. The van der Waals surface area contributed by atoms with Crippen LogP contribution in [0.2, 0.25) is 0 Å². The second-order valence-electron chi connectivity index (χ2n) is 6.42. The highest BCUT2D eigenvalue weighted by atomic mass is 16.5. The number of nitrogens with one attached hydrogen (secondary N) is 2. The summed E-state index contributed by atoms with van der Waals surface area (Å²) in [6.07, 6.45) is 1.60. The number of nitrogens with zero attached hydrogens (tertiary/aromatic N) is 1. The topological polar surface area (TPSA) is 76.0 Å². The number of hydrogen-bond acceptors (Lipinski definition) is 6. The zero-order valence-electron chi connectivity index (χ0n) is 15.6. The summed E-state index contributed by atoms with van der Waals surface area (Å²) in [4.78, 5) is 14.4. The lowest BCUT2D eigenvalue weighted by molar-refractivity contribution is -0.120. The quantitative estimate of drug-likeness (QED) is 0.695. The highest BCUT2D eigenvalue weighted by molar-refractivity contribution is 5.77. The van der Waals surface area contributed by atoms with Gasteiger partial charge in [-0.05, 0) is 29.8 Å². The molecular formula is C20H27N3O4. The largest absolute Gasteiger partial charge is 0.497 e. The molecule has 3 rings (SSSR count). The Balaban J connectivity index is 1.53. The third kappa shape index (κ3) is 5.82. The third-order valence-corrected chi connectivity index (χ3v) is 4.65. The molecule has 1 amide bonds. The molecule has 2 heterocycles. The van der Waals surface area contributed by atoms with E-state index in [4.69, 9.17) is 13.9 Å². The first-order valence-electron chi connectivity index (χ1n) is 9.22. The van der Waals surface area contributed by atoms with Gasteiger partial charge in [-0.15, -0.1) is 0 Å². The minimum Gasteiger partial charge on any atom is -0.497 e. The summed E-state index contributed by atoms with van der Waals surface area (Å²) in [5, 5.41) is 6.13. The van der Waals surface area contributed by atoms with Crippen molar-refractivity contribution in [3.8, 4) is 5.75 Å². The van der Waals surface area contributed by atoms with E-state index in [-0.39, 0.29) is 18.5 Å². The average molecular weight is 373 g/mol. The number of morpholine rings is 1. The molecule has 1 saturated heterocycles. The van der Waals surface area contributed by atoms with E-state index >= 15 is 0 Å². The summed E-state index contributed by atoms with van der Waals surface area (Å²) in [5.41, 5.74) is 1.20. The van der Waals surface area contributed by atoms with Crippen LogP contribution in [-0.4, -0.2) is 57.3 Å². The van der Waals surface area contributed by atoms with Gasteiger partial charge in [0.25, 0.3) is 0 Å². The van der Waals surface area contributed by atoms with Crippen LogP contribution < -0.4 is 15.4 Å². The molecule has 2 aromatic rings. The number of rotatable bonds is 9. The maximum Gasteiger partial charge on any atom is 0.234 e. The predicted molar refractivity (Wildman–Crippen MR) is 102 cm³/mol. The number of amides is 1. The van der Waals surface area contributed by atoms with E-state index < -0.39 is 0 Å². The first-order valence-corrected chi connectivity index (χ1v) is 9.22. The molecule has 1 fully saturated rings. The van der Waals surface area contributed by atoms with Crippen LogP contribution in [0.5, 0.6) is 5.75 Å². The molecule has 0 aliphatic carbocycles. The van der Waals surface area contributed by atoms with Gasteiger partial charge in [0.15, 0.2) is 0 Å². The van der Waals surface area contributed by atoms with Gasteiger partial charge in [0, 0.05) is 25.7 Å². The summed E-state index contributed by atoms with van der Waals surface area (Å²) >= 11 is 0. The van der Waals surface area contributed by atoms with Crippen molar-refractivity contribution in [2.75, 3.05) is 46.5 Å². The molecule has 146 valence electrons. The minimum atomic E-state index is -0.0538. The molecule has 7 heteroatoms. The molecule has 0 spiro atoms. The molecule has 1 atom stereocenters. The fourth-order valence-corrected chi connectivity index (χ4v) is 3.16. The second-order valence-corrected chi connectivity index (χ2v) is 6.42. The molecule has 2 N–H and O–H groups in total. The van der Waals surface area contributed by atoms with E-state index in [1.165, 1.54) is 5.56 Å². The van der Waals surface area contributed by atoms with Gasteiger partial charge in [-0.2, -0.15) is 0 Å². The van der Waals surface area contributed by atoms with Gasteiger partial charge in [-0.3, -0.25) is 9.69 Å². The SMILES string of the molecule is COc1ccc([C@@H](CNCC(=O)NCc2ccco2)N2CCOCC2)cc1. The van der Waals surface area contributed by atoms with Gasteiger partial charge in [0.05, 0.1) is 39.7 Å². The summed E-state index contributed by atoms with van der Waals surface area (Å²) in [6, 6.07) is 11.9. The third-order valence-electron chi connectivity index (χ3n) is 4.65. The Hall–Kier alpha value is -2.35. The Morgan fingerprint density at radius 2 is 2.00 bits per heavy atom. The van der Waals surface area contributed by atoms with E-state index in [1.807, 2.05) is 24.3 Å². The van der Waals surface area contributed by atoms with Gasteiger partial charge < -0.3 is 24.5 Å². The number of carbonyl (C=O) groups is 1. The van der Waals surface area contributed by atoms with Crippen molar-refractivity contribution < 1.29 is 18.7 Å². The Morgan fingerprint density at radius 1 is 1.22 bits per heavy atom. The lowest BCUT2D eigenvalue weighted by atomic mass is 10.0. The van der Waals surface area contributed by atoms with E-state index in [0.717, 1.165) is 37.8 Å². The van der Waals surface area contributed by atoms with Crippen molar-refractivity contribution in [1.82, 2.24) is 15.5 Å². The van der Waals surface area contributed by atoms with E-state index in [9.17, 15) is 4.79 Å². The van der Waals surface area contributed by atoms with Crippen molar-refractivity contribution in [2.24, 2.45) is 0 Å². The molecule has 0 saturated carbocycles. The van der Waals surface area contributed by atoms with Crippen LogP contribution in [0.25, 0.3) is 0 Å². The van der Waals surface area contributed by atoms with Crippen LogP contribution in [0.4, 0.5) is 0 Å². The molecular weight excluding hydrogens is 346 g/mol. The van der Waals surface area contributed by atoms with Gasteiger partial charge in [-0.1, -0.05) is 12.1 Å². The normalized spacial score (nSPS) is 16.0. The minimum absolute atomic E-state index is 0.0538. The Morgan fingerprint density at radius 3 is 2.67 bits per heavy atom. The number of methoxy groups -OCH3 is 1. The van der Waals surface area contributed by atoms with Crippen LogP contribution in [0.3, 0.4) is 0 Å². The van der Waals surface area contributed by atoms with Crippen molar-refractivity contribution in [3.05, 3.63) is 54.0 Å². The highest BCUT2D eigenvalue weighted by Crippen LogP contribution is 2.23. The number of hydrogen-bond donors (Lipinski definition) is 2. The lowest BCUT2D eigenvalue weighted by Gasteiger charge is -2.35. The summed E-state index contributed by atoms with van der Waals surface area (Å²) in [7, 11) is 1.66. The maximum absolute atomic E-state index is 12.1. The zero-order chi connectivity index (χ0) is 18.9. The van der Waals surface area contributed by atoms with Gasteiger partial charge in [-0.25, -0.2) is 0 Å². The molecule has 1 aliphatic rings.